The lowest BCUT2D eigenvalue weighted by molar-refractivity contribution is -0.118. The molecule has 0 aliphatic rings. The second-order valence-electron chi connectivity index (χ2n) is 4.75. The van der Waals surface area contributed by atoms with Crippen LogP contribution in [0.3, 0.4) is 0 Å². The van der Waals surface area contributed by atoms with Crippen LogP contribution in [0.25, 0.3) is 0 Å². The fraction of sp³-hybridized carbons (Fsp3) is 0.571. The lowest BCUT2D eigenvalue weighted by Crippen LogP contribution is -2.21. The molecule has 0 heterocycles. The molecule has 22 heavy (non-hydrogen) atoms. The number of carbonyl (C=O) groups is 1. The molecule has 0 atom stereocenters. The second kappa shape index (κ2) is 12.4. The molecule has 3 N–H and O–H groups in total. The largest absolute Gasteiger partial charge is 0.391 e. The van der Waals surface area contributed by atoms with Crippen molar-refractivity contribution >= 4 is 36.6 Å². The number of allylic oxidation sites excluding steroid dienone is 1. The molecule has 0 unspecified atom stereocenters. The fourth-order valence-electron chi connectivity index (χ4n) is 1.31. The Hall–Kier alpha value is -1.12. The SMILES string of the molecule is CN/C(C)=C(SCNC(C)=O)/C(=C/S)NC=NCCN(C)C. The molecular formula is C14H27N5OS2. The normalized spacial score (nSPS) is 13.3. The number of amides is 1. The third-order valence-electron chi connectivity index (χ3n) is 2.61. The molecule has 1 amide bonds. The number of nitrogens with one attached hydrogen (secondary N) is 3. The number of hydrogen-bond donors (Lipinski definition) is 4. The Labute approximate surface area is 143 Å². The summed E-state index contributed by atoms with van der Waals surface area (Å²) in [5.74, 6) is 0.442. The van der Waals surface area contributed by atoms with E-state index >= 15 is 0 Å². The summed E-state index contributed by atoms with van der Waals surface area (Å²) in [4.78, 5) is 18.3. The number of thiol groups is 1. The van der Waals surface area contributed by atoms with Gasteiger partial charge in [-0.1, -0.05) is 0 Å². The number of aliphatic imine (C=N–C) groups is 1. The predicted octanol–water partition coefficient (Wildman–Crippen LogP) is 1.21. The number of likely N-dealkylation sites (N-methyl/N-ethyl adjacent to an activating group) is 1. The van der Waals surface area contributed by atoms with Crippen molar-refractivity contribution in [2.75, 3.05) is 40.1 Å². The molecule has 0 aromatic heterocycles. The molecule has 0 rings (SSSR count). The van der Waals surface area contributed by atoms with E-state index in [1.165, 1.54) is 18.7 Å². The topological polar surface area (TPSA) is 68.8 Å². The van der Waals surface area contributed by atoms with Crippen LogP contribution in [0.2, 0.25) is 0 Å². The van der Waals surface area contributed by atoms with Gasteiger partial charge in [-0.3, -0.25) is 9.79 Å². The Kier molecular flexibility index (Phi) is 11.8. The molecule has 6 nitrogen and oxygen atoms in total. The van der Waals surface area contributed by atoms with Crippen LogP contribution in [0, 0.1) is 0 Å². The van der Waals surface area contributed by atoms with Gasteiger partial charge in [0.05, 0.1) is 29.4 Å². The summed E-state index contributed by atoms with van der Waals surface area (Å²) in [6.45, 7) is 5.09. The number of thioether (sulfide) groups is 1. The first-order chi connectivity index (χ1) is 10.4. The maximum atomic E-state index is 11.0. The van der Waals surface area contributed by atoms with Crippen molar-refractivity contribution in [2.24, 2.45) is 4.99 Å². The van der Waals surface area contributed by atoms with E-state index in [0.29, 0.717) is 5.88 Å². The Morgan fingerprint density at radius 2 is 2.05 bits per heavy atom. The van der Waals surface area contributed by atoms with Gasteiger partial charge in [-0.05, 0) is 26.4 Å². The number of rotatable bonds is 10. The summed E-state index contributed by atoms with van der Waals surface area (Å²) in [6.07, 6.45) is 1.67. The molecule has 8 heteroatoms. The molecule has 0 spiro atoms. The van der Waals surface area contributed by atoms with Crippen LogP contribution in [0.1, 0.15) is 13.8 Å². The lowest BCUT2D eigenvalue weighted by atomic mass is 10.3. The summed E-state index contributed by atoms with van der Waals surface area (Å²) in [5.41, 5.74) is 1.82. The quantitative estimate of drug-likeness (QED) is 0.158. The average Bonchev–Trinajstić information content (AvgIpc) is 2.47. The van der Waals surface area contributed by atoms with Crippen molar-refractivity contribution in [1.29, 1.82) is 0 Å². The van der Waals surface area contributed by atoms with Crippen molar-refractivity contribution in [3.05, 3.63) is 21.7 Å². The first-order valence-corrected chi connectivity index (χ1v) is 8.42. The van der Waals surface area contributed by atoms with E-state index in [-0.39, 0.29) is 5.91 Å². The molecule has 0 radical (unpaired) electrons. The first-order valence-electron chi connectivity index (χ1n) is 6.92. The van der Waals surface area contributed by atoms with Gasteiger partial charge in [0.25, 0.3) is 0 Å². The average molecular weight is 346 g/mol. The minimum absolute atomic E-state index is 0.0522. The minimum Gasteiger partial charge on any atom is -0.391 e. The minimum atomic E-state index is -0.0522. The molecule has 0 aliphatic carbocycles. The van der Waals surface area contributed by atoms with Crippen LogP contribution in [0.4, 0.5) is 0 Å². The molecule has 0 saturated heterocycles. The van der Waals surface area contributed by atoms with Gasteiger partial charge in [0.2, 0.25) is 5.91 Å². The van der Waals surface area contributed by atoms with E-state index in [9.17, 15) is 4.79 Å². The molecule has 0 fully saturated rings. The predicted molar refractivity (Wildman–Crippen MR) is 100 cm³/mol. The van der Waals surface area contributed by atoms with Crippen molar-refractivity contribution in [3.63, 3.8) is 0 Å². The van der Waals surface area contributed by atoms with Gasteiger partial charge in [-0.25, -0.2) is 0 Å². The zero-order valence-electron chi connectivity index (χ0n) is 13.9. The number of carbonyl (C=O) groups excluding carboxylic acids is 1. The van der Waals surface area contributed by atoms with Gasteiger partial charge < -0.3 is 20.9 Å². The highest BCUT2D eigenvalue weighted by molar-refractivity contribution is 8.03. The Bertz CT molecular complexity index is 433. The summed E-state index contributed by atoms with van der Waals surface area (Å²) >= 11 is 5.77. The number of hydrogen-bond acceptors (Lipinski definition) is 6. The van der Waals surface area contributed by atoms with E-state index in [4.69, 9.17) is 0 Å². The van der Waals surface area contributed by atoms with Crippen LogP contribution in [-0.4, -0.2) is 57.3 Å². The Morgan fingerprint density at radius 1 is 1.36 bits per heavy atom. The third kappa shape index (κ3) is 9.75. The molecule has 0 aromatic carbocycles. The summed E-state index contributed by atoms with van der Waals surface area (Å²) in [6, 6.07) is 0. The van der Waals surface area contributed by atoms with Crippen LogP contribution < -0.4 is 16.0 Å². The van der Waals surface area contributed by atoms with E-state index < -0.39 is 0 Å². The summed E-state index contributed by atoms with van der Waals surface area (Å²) < 4.78 is 0. The van der Waals surface area contributed by atoms with E-state index in [1.807, 2.05) is 28.1 Å². The maximum absolute atomic E-state index is 11.0. The van der Waals surface area contributed by atoms with Gasteiger partial charge >= 0.3 is 0 Å². The van der Waals surface area contributed by atoms with Gasteiger partial charge in [0, 0.05) is 26.2 Å². The maximum Gasteiger partial charge on any atom is 0.217 e. The molecule has 0 aliphatic heterocycles. The van der Waals surface area contributed by atoms with Crippen molar-refractivity contribution in [3.8, 4) is 0 Å². The van der Waals surface area contributed by atoms with Crippen LogP contribution in [0.5, 0.6) is 0 Å². The van der Waals surface area contributed by atoms with Crippen LogP contribution in [-0.2, 0) is 4.79 Å². The Balaban J connectivity index is 4.70. The van der Waals surface area contributed by atoms with Gasteiger partial charge in [-0.15, -0.1) is 24.4 Å². The van der Waals surface area contributed by atoms with Gasteiger partial charge in [-0.2, -0.15) is 0 Å². The van der Waals surface area contributed by atoms with Gasteiger partial charge in [0.1, 0.15) is 0 Å². The standard InChI is InChI=1S/C14H27N5OS2/c1-11(15-3)14(22-10-18-12(2)20)13(8-21)17-9-16-6-7-19(4)5/h8-9,15,21H,6-7,10H2,1-5H3,(H,16,17)(H,18,20)/b13-8-,14-11-. The summed E-state index contributed by atoms with van der Waals surface area (Å²) in [5, 5.41) is 10.7. The monoisotopic (exact) mass is 345 g/mol. The third-order valence-corrected chi connectivity index (χ3v) is 3.98. The van der Waals surface area contributed by atoms with E-state index in [0.717, 1.165) is 29.4 Å². The molecular weight excluding hydrogens is 318 g/mol. The highest BCUT2D eigenvalue weighted by atomic mass is 32.2. The van der Waals surface area contributed by atoms with Crippen molar-refractivity contribution < 1.29 is 4.79 Å². The zero-order valence-corrected chi connectivity index (χ0v) is 15.6. The number of nitrogens with zero attached hydrogens (tertiary/aromatic N) is 2. The van der Waals surface area contributed by atoms with Crippen molar-refractivity contribution in [1.82, 2.24) is 20.9 Å². The smallest absolute Gasteiger partial charge is 0.217 e. The molecule has 126 valence electrons. The first kappa shape index (κ1) is 20.9. The Morgan fingerprint density at radius 3 is 2.55 bits per heavy atom. The molecule has 0 aromatic rings. The van der Waals surface area contributed by atoms with Crippen molar-refractivity contribution in [2.45, 2.75) is 13.8 Å². The highest BCUT2D eigenvalue weighted by Gasteiger charge is 2.08. The zero-order chi connectivity index (χ0) is 17.0. The second-order valence-corrected chi connectivity index (χ2v) is 6.00. The molecule has 0 saturated carbocycles. The summed E-state index contributed by atoms with van der Waals surface area (Å²) in [7, 11) is 5.88. The highest BCUT2D eigenvalue weighted by Crippen LogP contribution is 2.24. The van der Waals surface area contributed by atoms with Crippen LogP contribution >= 0.6 is 24.4 Å². The van der Waals surface area contributed by atoms with Gasteiger partial charge in [0.15, 0.2) is 0 Å². The van der Waals surface area contributed by atoms with E-state index in [1.54, 1.807) is 11.7 Å². The van der Waals surface area contributed by atoms with Crippen LogP contribution in [0.15, 0.2) is 26.7 Å². The van der Waals surface area contributed by atoms with E-state index in [2.05, 4.69) is 38.5 Å². The fourth-order valence-corrected chi connectivity index (χ4v) is 2.61. The lowest BCUT2D eigenvalue weighted by Gasteiger charge is -2.15. The molecule has 0 bridgehead atoms.